The summed E-state index contributed by atoms with van der Waals surface area (Å²) in [5.41, 5.74) is 3.25. The predicted octanol–water partition coefficient (Wildman–Crippen LogP) is 4.31. The third-order valence-corrected chi connectivity index (χ3v) is 4.05. The van der Waals surface area contributed by atoms with Crippen LogP contribution < -0.4 is 5.32 Å². The third-order valence-electron chi connectivity index (χ3n) is 3.29. The molecule has 0 radical (unpaired) electrons. The van der Waals surface area contributed by atoms with Crippen molar-refractivity contribution in [3.63, 3.8) is 0 Å². The molecule has 0 aliphatic carbocycles. The lowest BCUT2D eigenvalue weighted by atomic mass is 10.1. The Bertz CT molecular complexity index is 737. The van der Waals surface area contributed by atoms with Gasteiger partial charge in [-0.25, -0.2) is 4.98 Å². The number of hydrogen-bond donors (Lipinski definition) is 2. The highest BCUT2D eigenvalue weighted by atomic mass is 79.9. The zero-order chi connectivity index (χ0) is 14.7. The maximum absolute atomic E-state index is 5.97. The minimum atomic E-state index is 0.723. The zero-order valence-corrected chi connectivity index (χ0v) is 13.7. The second kappa shape index (κ2) is 6.60. The van der Waals surface area contributed by atoms with Crippen LogP contribution in [0.1, 0.15) is 11.4 Å². The quantitative estimate of drug-likeness (QED) is 0.662. The Kier molecular flexibility index (Phi) is 4.58. The van der Waals surface area contributed by atoms with E-state index in [0.717, 1.165) is 45.9 Å². The fourth-order valence-corrected chi connectivity index (χ4v) is 2.65. The maximum Gasteiger partial charge on any atom is 0.121 e. The molecule has 1 heterocycles. The van der Waals surface area contributed by atoms with Gasteiger partial charge in [-0.1, -0.05) is 39.7 Å². The highest BCUT2D eigenvalue weighted by Gasteiger charge is 2.02. The van der Waals surface area contributed by atoms with Gasteiger partial charge in [0.15, 0.2) is 0 Å². The molecule has 3 aromatic rings. The number of aromatic nitrogens is 2. The Labute approximate surface area is 136 Å². The number of halogens is 2. The molecule has 0 saturated heterocycles. The molecule has 0 saturated carbocycles. The van der Waals surface area contributed by atoms with E-state index in [1.165, 1.54) is 5.56 Å². The number of nitrogens with zero attached hydrogens (tertiary/aromatic N) is 1. The highest BCUT2D eigenvalue weighted by Crippen LogP contribution is 2.17. The van der Waals surface area contributed by atoms with Crippen LogP contribution in [0, 0.1) is 0 Å². The summed E-state index contributed by atoms with van der Waals surface area (Å²) < 4.78 is 1.11. The molecular formula is C16H15BrClN3. The lowest BCUT2D eigenvalue weighted by molar-refractivity contribution is 0.666. The zero-order valence-electron chi connectivity index (χ0n) is 11.4. The van der Waals surface area contributed by atoms with Crippen LogP contribution in [0.2, 0.25) is 5.02 Å². The van der Waals surface area contributed by atoms with E-state index in [1.54, 1.807) is 0 Å². The standard InChI is InChI=1S/C16H15BrClN3/c17-12-3-1-11(2-4-12)7-8-19-10-16-20-14-6-5-13(18)9-15(14)21-16/h1-6,9,19H,7-8,10H2,(H,20,21). The lowest BCUT2D eigenvalue weighted by Crippen LogP contribution is -2.17. The Balaban J connectivity index is 1.53. The van der Waals surface area contributed by atoms with E-state index in [1.807, 2.05) is 18.2 Å². The summed E-state index contributed by atoms with van der Waals surface area (Å²) in [7, 11) is 0. The second-order valence-electron chi connectivity index (χ2n) is 4.90. The number of H-pyrrole nitrogens is 1. The van der Waals surface area contributed by atoms with Crippen molar-refractivity contribution in [2.75, 3.05) is 6.54 Å². The third kappa shape index (κ3) is 3.84. The molecule has 0 bridgehead atoms. The van der Waals surface area contributed by atoms with Gasteiger partial charge in [0, 0.05) is 9.50 Å². The van der Waals surface area contributed by atoms with Gasteiger partial charge in [-0.3, -0.25) is 0 Å². The molecule has 2 N–H and O–H groups in total. The number of rotatable bonds is 5. The van der Waals surface area contributed by atoms with Gasteiger partial charge in [0.05, 0.1) is 17.6 Å². The Hall–Kier alpha value is -1.36. The lowest BCUT2D eigenvalue weighted by Gasteiger charge is -2.03. The van der Waals surface area contributed by atoms with E-state index in [4.69, 9.17) is 11.6 Å². The summed E-state index contributed by atoms with van der Waals surface area (Å²) in [6, 6.07) is 14.1. The topological polar surface area (TPSA) is 40.7 Å². The molecule has 3 nitrogen and oxygen atoms in total. The first-order valence-electron chi connectivity index (χ1n) is 6.80. The maximum atomic E-state index is 5.97. The Morgan fingerprint density at radius 3 is 2.76 bits per heavy atom. The van der Waals surface area contributed by atoms with Gasteiger partial charge in [0.25, 0.3) is 0 Å². The molecule has 3 rings (SSSR count). The van der Waals surface area contributed by atoms with Gasteiger partial charge in [0.2, 0.25) is 0 Å². The minimum Gasteiger partial charge on any atom is -0.341 e. The van der Waals surface area contributed by atoms with E-state index >= 15 is 0 Å². The summed E-state index contributed by atoms with van der Waals surface area (Å²) in [6.45, 7) is 1.64. The molecule has 108 valence electrons. The SMILES string of the molecule is Clc1ccc2nc(CNCCc3ccc(Br)cc3)[nH]c2c1. The first kappa shape index (κ1) is 14.6. The van der Waals surface area contributed by atoms with Gasteiger partial charge in [-0.05, 0) is 48.9 Å². The van der Waals surface area contributed by atoms with Crippen molar-refractivity contribution < 1.29 is 0 Å². The average molecular weight is 365 g/mol. The average Bonchev–Trinajstić information content (AvgIpc) is 2.87. The molecular weight excluding hydrogens is 350 g/mol. The van der Waals surface area contributed by atoms with Crippen LogP contribution in [0.25, 0.3) is 11.0 Å². The normalized spacial score (nSPS) is 11.1. The molecule has 0 amide bonds. The van der Waals surface area contributed by atoms with Crippen molar-refractivity contribution in [1.29, 1.82) is 0 Å². The number of imidazole rings is 1. The van der Waals surface area contributed by atoms with Crippen molar-refractivity contribution in [3.05, 3.63) is 63.3 Å². The number of fused-ring (bicyclic) bond motifs is 1. The van der Waals surface area contributed by atoms with Gasteiger partial charge in [-0.15, -0.1) is 0 Å². The molecule has 0 fully saturated rings. The second-order valence-corrected chi connectivity index (χ2v) is 6.25. The Morgan fingerprint density at radius 1 is 1.14 bits per heavy atom. The first-order chi connectivity index (χ1) is 10.2. The summed E-state index contributed by atoms with van der Waals surface area (Å²) in [5, 5.41) is 4.12. The van der Waals surface area contributed by atoms with Gasteiger partial charge < -0.3 is 10.3 Å². The van der Waals surface area contributed by atoms with Crippen LogP contribution in [0.4, 0.5) is 0 Å². The van der Waals surface area contributed by atoms with E-state index in [2.05, 4.69) is 55.5 Å². The molecule has 0 spiro atoms. The molecule has 0 aliphatic rings. The molecule has 5 heteroatoms. The van der Waals surface area contributed by atoms with Crippen LogP contribution >= 0.6 is 27.5 Å². The molecule has 2 aromatic carbocycles. The van der Waals surface area contributed by atoms with Gasteiger partial charge in [0.1, 0.15) is 5.82 Å². The summed E-state index contributed by atoms with van der Waals surface area (Å²) in [5.74, 6) is 0.933. The van der Waals surface area contributed by atoms with Crippen LogP contribution in [0.15, 0.2) is 46.9 Å². The first-order valence-corrected chi connectivity index (χ1v) is 7.97. The smallest absolute Gasteiger partial charge is 0.121 e. The molecule has 0 aliphatic heterocycles. The van der Waals surface area contributed by atoms with Crippen LogP contribution in [-0.2, 0) is 13.0 Å². The van der Waals surface area contributed by atoms with Crippen molar-refractivity contribution in [2.24, 2.45) is 0 Å². The van der Waals surface area contributed by atoms with Gasteiger partial charge in [-0.2, -0.15) is 0 Å². The minimum absolute atomic E-state index is 0.723. The Morgan fingerprint density at radius 2 is 1.95 bits per heavy atom. The molecule has 0 atom stereocenters. The summed E-state index contributed by atoms with van der Waals surface area (Å²) in [6.07, 6.45) is 0.999. The van der Waals surface area contributed by atoms with Crippen molar-refractivity contribution in [3.8, 4) is 0 Å². The predicted molar refractivity (Wildman–Crippen MR) is 90.7 cm³/mol. The van der Waals surface area contributed by atoms with E-state index in [0.29, 0.717) is 0 Å². The number of nitrogens with one attached hydrogen (secondary N) is 2. The number of benzene rings is 2. The number of aromatic amines is 1. The fourth-order valence-electron chi connectivity index (χ4n) is 2.21. The monoisotopic (exact) mass is 363 g/mol. The summed E-state index contributed by atoms with van der Waals surface area (Å²) in [4.78, 5) is 7.81. The molecule has 21 heavy (non-hydrogen) atoms. The van der Waals surface area contributed by atoms with Gasteiger partial charge >= 0.3 is 0 Å². The van der Waals surface area contributed by atoms with Crippen molar-refractivity contribution >= 4 is 38.6 Å². The van der Waals surface area contributed by atoms with Crippen molar-refractivity contribution in [1.82, 2.24) is 15.3 Å². The fraction of sp³-hybridized carbons (Fsp3) is 0.188. The molecule has 0 unspecified atom stereocenters. The largest absolute Gasteiger partial charge is 0.341 e. The van der Waals surface area contributed by atoms with E-state index < -0.39 is 0 Å². The number of hydrogen-bond acceptors (Lipinski definition) is 2. The van der Waals surface area contributed by atoms with Crippen LogP contribution in [0.5, 0.6) is 0 Å². The van der Waals surface area contributed by atoms with E-state index in [-0.39, 0.29) is 0 Å². The van der Waals surface area contributed by atoms with E-state index in [9.17, 15) is 0 Å². The highest BCUT2D eigenvalue weighted by molar-refractivity contribution is 9.10. The van der Waals surface area contributed by atoms with Crippen molar-refractivity contribution in [2.45, 2.75) is 13.0 Å². The summed E-state index contributed by atoms with van der Waals surface area (Å²) >= 11 is 9.41. The van der Waals surface area contributed by atoms with Crippen LogP contribution in [0.3, 0.4) is 0 Å². The van der Waals surface area contributed by atoms with Crippen LogP contribution in [-0.4, -0.2) is 16.5 Å². The molecule has 1 aromatic heterocycles.